The zero-order chi connectivity index (χ0) is 55.1. The minimum Gasteiger partial charge on any atom is -0.388 e. The highest BCUT2D eigenvalue weighted by molar-refractivity contribution is 6.12. The summed E-state index contributed by atoms with van der Waals surface area (Å²) in [6.07, 6.45) is 9.72. The highest BCUT2D eigenvalue weighted by Crippen LogP contribution is 2.23. The van der Waals surface area contributed by atoms with Crippen molar-refractivity contribution < 1.29 is 38.4 Å². The van der Waals surface area contributed by atoms with Crippen molar-refractivity contribution in [2.75, 3.05) is 45.0 Å². The van der Waals surface area contributed by atoms with Gasteiger partial charge in [0.1, 0.15) is 34.2 Å². The second-order valence-corrected chi connectivity index (χ2v) is 17.7. The van der Waals surface area contributed by atoms with Crippen LogP contribution in [0.5, 0.6) is 0 Å². The molecule has 0 aliphatic heterocycles. The summed E-state index contributed by atoms with van der Waals surface area (Å²) in [5.74, 6) is -4.12. The van der Waals surface area contributed by atoms with E-state index >= 15 is 0 Å². The molecule has 14 N–H and O–H groups in total. The zero-order valence-corrected chi connectivity index (χ0v) is 44.6. The van der Waals surface area contributed by atoms with Gasteiger partial charge in [-0.1, -0.05) is 6.07 Å². The van der Waals surface area contributed by atoms with Crippen molar-refractivity contribution in [3.63, 3.8) is 0 Å². The van der Waals surface area contributed by atoms with E-state index in [1.807, 2.05) is 0 Å². The number of carbonyl (C=O) groups is 8. The second kappa shape index (κ2) is 25.1. The first kappa shape index (κ1) is 59.1. The number of nitrogens with two attached hydrogens (primary N) is 2. The molecule has 0 saturated carbocycles. The van der Waals surface area contributed by atoms with Crippen molar-refractivity contribution in [2.45, 2.75) is 12.8 Å². The van der Waals surface area contributed by atoms with Gasteiger partial charge in [-0.3, -0.25) is 49.2 Å². The molecule has 28 heteroatoms. The van der Waals surface area contributed by atoms with Crippen LogP contribution in [0.2, 0.25) is 0 Å². The van der Waals surface area contributed by atoms with Gasteiger partial charge >= 0.3 is 0 Å². The number of anilines is 6. The largest absolute Gasteiger partial charge is 0.388 e. The van der Waals surface area contributed by atoms with E-state index in [1.165, 1.54) is 91.3 Å². The molecule has 0 aliphatic rings. The van der Waals surface area contributed by atoms with Gasteiger partial charge in [-0.25, -0.2) is 0 Å². The van der Waals surface area contributed by atoms with Gasteiger partial charge in [-0.2, -0.15) is 0 Å². The Morgan fingerprint density at radius 3 is 0.821 bits per heavy atom. The Balaban J connectivity index is 0.00000560. The lowest BCUT2D eigenvalue weighted by molar-refractivity contribution is 0.0938. The first-order valence-corrected chi connectivity index (χ1v) is 23.2. The molecule has 7 aromatic rings. The highest BCUT2D eigenvalue weighted by Gasteiger charge is 2.22. The predicted octanol–water partition coefficient (Wildman–Crippen LogP) is 4.19. The first-order chi connectivity index (χ1) is 36.0. The molecule has 0 saturated heterocycles. The van der Waals surface area contributed by atoms with Gasteiger partial charge in [0.15, 0.2) is 0 Å². The third-order valence-electron chi connectivity index (χ3n) is 11.7. The third-order valence-corrected chi connectivity index (χ3v) is 11.7. The number of halogens is 2. The van der Waals surface area contributed by atoms with Crippen molar-refractivity contribution in [1.82, 2.24) is 38.0 Å². The molecular weight excluding hydrogens is 1050 g/mol. The van der Waals surface area contributed by atoms with Crippen LogP contribution in [0.25, 0.3) is 0 Å². The van der Waals surface area contributed by atoms with E-state index in [0.29, 0.717) is 22.7 Å². The molecule has 26 nitrogen and oxygen atoms in total. The average Bonchev–Trinajstić information content (AvgIpc) is 4.22. The Hall–Kier alpha value is -9.82. The van der Waals surface area contributed by atoms with Crippen molar-refractivity contribution in [3.8, 4) is 0 Å². The fraction of sp³-hybridized carbons (Fsp3) is 0.200. The van der Waals surface area contributed by atoms with E-state index in [1.54, 1.807) is 76.2 Å². The summed E-state index contributed by atoms with van der Waals surface area (Å²) >= 11 is 0. The Morgan fingerprint density at radius 1 is 0.372 bits per heavy atom. The van der Waals surface area contributed by atoms with Crippen LogP contribution in [0.4, 0.5) is 34.1 Å². The minimum atomic E-state index is -0.567. The lowest BCUT2D eigenvalue weighted by Crippen LogP contribution is -2.28. The number of hydrogen-bond acceptors (Lipinski definition) is 10. The van der Waals surface area contributed by atoms with Crippen LogP contribution in [0.3, 0.4) is 0 Å². The Bertz CT molecular complexity index is 3280. The highest BCUT2D eigenvalue weighted by atomic mass is 35.5. The van der Waals surface area contributed by atoms with Gasteiger partial charge < -0.3 is 81.4 Å². The van der Waals surface area contributed by atoms with E-state index in [9.17, 15) is 38.4 Å². The molecule has 0 radical (unpaired) electrons. The molecule has 6 heterocycles. The van der Waals surface area contributed by atoms with Gasteiger partial charge in [0, 0.05) is 117 Å². The standard InChI is InChI=1S/C50H56N18O8.2ClH/c1-63-23-31(15-35(63)45(71)55-12-10-41(51)52)59-49(75)39-19-33(25-67(39)5)61-47(73)37-17-29(21-65(37)3)57-43(69)27-8-7-9-28(14-27)44(70)58-30-18-38(66(4)22-30)48(74)62-34-20-40(68(6)26-34)50(76)60-32-16-36(64(2)24-32)46(72)56-13-11-42(53)54;;/h7-9,14-26H,10-13H2,1-6H3,(H3,51,52)(H3,53,54)(H,55,71)(H,56,72)(H,57,69)(H,58,70)(H,59,75)(H,60,76)(H,61,73)(H,62,74);2*1H. The fourth-order valence-electron chi connectivity index (χ4n) is 7.94. The second-order valence-electron chi connectivity index (χ2n) is 17.7. The van der Waals surface area contributed by atoms with Crippen molar-refractivity contribution >= 4 is 118 Å². The van der Waals surface area contributed by atoms with Crippen LogP contribution in [0.1, 0.15) is 96.5 Å². The molecule has 0 spiro atoms. The van der Waals surface area contributed by atoms with E-state index in [-0.39, 0.29) is 119 Å². The molecule has 0 atom stereocenters. The molecule has 410 valence electrons. The van der Waals surface area contributed by atoms with Crippen LogP contribution in [0.15, 0.2) is 97.8 Å². The van der Waals surface area contributed by atoms with Crippen LogP contribution < -0.4 is 54.0 Å². The number of nitrogens with one attached hydrogen (secondary N) is 10. The zero-order valence-electron chi connectivity index (χ0n) is 43.0. The molecule has 0 aliphatic carbocycles. The fourth-order valence-corrected chi connectivity index (χ4v) is 7.94. The summed E-state index contributed by atoms with van der Waals surface area (Å²) in [7, 11) is 9.78. The summed E-state index contributed by atoms with van der Waals surface area (Å²) < 4.78 is 9.15. The maximum absolute atomic E-state index is 13.5. The quantitative estimate of drug-likeness (QED) is 0.0381. The predicted molar refractivity (Wildman–Crippen MR) is 299 cm³/mol. The smallest absolute Gasteiger partial charge is 0.272 e. The van der Waals surface area contributed by atoms with Crippen LogP contribution in [0, 0.1) is 10.8 Å². The van der Waals surface area contributed by atoms with Crippen molar-refractivity contribution in [2.24, 2.45) is 53.8 Å². The first-order valence-electron chi connectivity index (χ1n) is 23.2. The van der Waals surface area contributed by atoms with Crippen LogP contribution >= 0.6 is 24.8 Å². The molecule has 7 rings (SSSR count). The SMILES string of the molecule is Cl.Cl.Cn1cc(NC(=O)c2cc(NC(=O)c3cc(NC(=O)c4cccc(C(=O)Nc5cc(C(=O)Nc6cc(C(=O)Nc7cc(C(=O)NCCC(=N)N)n(C)c7)n(C)c6)n(C)c5)c4)cn3C)cn2C)cc1C(=O)NCCC(=N)N. The van der Waals surface area contributed by atoms with Gasteiger partial charge in [0.25, 0.3) is 47.3 Å². The molecule has 0 bridgehead atoms. The number of aromatic nitrogens is 6. The number of amidine groups is 2. The summed E-state index contributed by atoms with van der Waals surface area (Å²) in [6, 6.07) is 14.9. The molecule has 8 amide bonds. The van der Waals surface area contributed by atoms with E-state index in [0.717, 1.165) is 0 Å². The number of carbonyl (C=O) groups excluding carboxylic acids is 8. The number of benzene rings is 1. The summed E-state index contributed by atoms with van der Waals surface area (Å²) in [6.45, 7) is 0.370. The summed E-state index contributed by atoms with van der Waals surface area (Å²) in [5, 5.41) is 36.5. The minimum absolute atomic E-state index is 0. The molecular formula is C50H58Cl2N18O8. The molecule has 6 aromatic heterocycles. The Morgan fingerprint density at radius 2 is 0.590 bits per heavy atom. The third kappa shape index (κ3) is 14.3. The summed E-state index contributed by atoms with van der Waals surface area (Å²) in [5.41, 5.74) is 14.2. The number of aryl methyl sites for hydroxylation is 6. The number of nitrogens with zero attached hydrogens (tertiary/aromatic N) is 6. The maximum atomic E-state index is 13.5. The lowest BCUT2D eigenvalue weighted by Gasteiger charge is -2.06. The van der Waals surface area contributed by atoms with E-state index in [2.05, 4.69) is 42.5 Å². The summed E-state index contributed by atoms with van der Waals surface area (Å²) in [4.78, 5) is 105. The van der Waals surface area contributed by atoms with Gasteiger partial charge in [-0.15, -0.1) is 24.8 Å². The van der Waals surface area contributed by atoms with Crippen LogP contribution in [-0.2, 0) is 42.3 Å². The molecule has 78 heavy (non-hydrogen) atoms. The molecule has 1 aromatic carbocycles. The van der Waals surface area contributed by atoms with Gasteiger partial charge in [0.2, 0.25) is 0 Å². The Kier molecular flexibility index (Phi) is 19.0. The van der Waals surface area contributed by atoms with E-state index < -0.39 is 47.3 Å². The lowest BCUT2D eigenvalue weighted by atomic mass is 10.1. The van der Waals surface area contributed by atoms with Crippen molar-refractivity contribution in [1.29, 1.82) is 10.8 Å². The normalized spacial score (nSPS) is 10.5. The number of hydrogen-bond donors (Lipinski definition) is 12. The Labute approximate surface area is 458 Å². The maximum Gasteiger partial charge on any atom is 0.272 e. The van der Waals surface area contributed by atoms with Gasteiger partial charge in [0.05, 0.1) is 45.8 Å². The number of rotatable bonds is 20. The molecule has 0 unspecified atom stereocenters. The van der Waals surface area contributed by atoms with Crippen LogP contribution in [-0.4, -0.2) is 99.4 Å². The van der Waals surface area contributed by atoms with E-state index in [4.69, 9.17) is 22.3 Å². The molecule has 0 fully saturated rings. The number of amides is 8. The average molecular weight is 1110 g/mol. The topological polar surface area (TPSA) is 362 Å². The van der Waals surface area contributed by atoms with Crippen molar-refractivity contribution in [3.05, 3.63) is 143 Å². The monoisotopic (exact) mass is 1110 g/mol. The van der Waals surface area contributed by atoms with Gasteiger partial charge in [-0.05, 0) is 54.6 Å².